The molecule has 0 aliphatic rings. The lowest BCUT2D eigenvalue weighted by molar-refractivity contribution is -0.141. The summed E-state index contributed by atoms with van der Waals surface area (Å²) in [5, 5.41) is 22.7. The average molecular weight is 297 g/mol. The molecule has 0 aliphatic heterocycles. The summed E-state index contributed by atoms with van der Waals surface area (Å²) in [4.78, 5) is 21.7. The van der Waals surface area contributed by atoms with E-state index in [1.165, 1.54) is 6.92 Å². The van der Waals surface area contributed by atoms with Crippen molar-refractivity contribution in [2.24, 2.45) is 0 Å². The van der Waals surface area contributed by atoms with Gasteiger partial charge in [-0.2, -0.15) is 0 Å². The SMILES string of the molecule is CC(O)(CNC(=O)NCCNS(C)(=O)=O)CC(=O)O. The van der Waals surface area contributed by atoms with Crippen molar-refractivity contribution in [3.8, 4) is 0 Å². The zero-order valence-corrected chi connectivity index (χ0v) is 11.6. The van der Waals surface area contributed by atoms with Gasteiger partial charge >= 0.3 is 12.0 Å². The lowest BCUT2D eigenvalue weighted by Gasteiger charge is -2.21. The third-order valence-corrected chi connectivity index (χ3v) is 2.67. The Bertz CT molecular complexity index is 420. The maximum atomic E-state index is 11.2. The van der Waals surface area contributed by atoms with Gasteiger partial charge in [-0.3, -0.25) is 4.79 Å². The van der Waals surface area contributed by atoms with Gasteiger partial charge in [0.2, 0.25) is 10.0 Å². The summed E-state index contributed by atoms with van der Waals surface area (Å²) in [7, 11) is -3.30. The number of aliphatic carboxylic acids is 1. The Hall–Kier alpha value is -1.39. The fourth-order valence-corrected chi connectivity index (χ4v) is 1.61. The smallest absolute Gasteiger partial charge is 0.314 e. The predicted octanol–water partition coefficient (Wildman–Crippen LogP) is -1.94. The van der Waals surface area contributed by atoms with E-state index in [1.54, 1.807) is 0 Å². The van der Waals surface area contributed by atoms with E-state index in [2.05, 4.69) is 15.4 Å². The molecule has 0 bridgehead atoms. The topological polar surface area (TPSA) is 145 Å². The molecule has 2 amide bonds. The lowest BCUT2D eigenvalue weighted by atomic mass is 10.0. The summed E-state index contributed by atoms with van der Waals surface area (Å²) in [6.45, 7) is 1.16. The van der Waals surface area contributed by atoms with E-state index < -0.39 is 34.0 Å². The molecule has 0 aromatic heterocycles. The van der Waals surface area contributed by atoms with Crippen LogP contribution < -0.4 is 15.4 Å². The fourth-order valence-electron chi connectivity index (χ4n) is 1.13. The van der Waals surface area contributed by atoms with E-state index in [0.29, 0.717) is 0 Å². The van der Waals surface area contributed by atoms with Crippen LogP contribution in [0.4, 0.5) is 4.79 Å². The highest BCUT2D eigenvalue weighted by Crippen LogP contribution is 2.06. The van der Waals surface area contributed by atoms with E-state index >= 15 is 0 Å². The summed E-state index contributed by atoms with van der Waals surface area (Å²) in [5.74, 6) is -1.18. The maximum Gasteiger partial charge on any atom is 0.314 e. The molecular weight excluding hydrogens is 278 g/mol. The average Bonchev–Trinajstić information content (AvgIpc) is 2.18. The monoisotopic (exact) mass is 297 g/mol. The molecule has 0 radical (unpaired) electrons. The normalized spacial score (nSPS) is 14.5. The first-order valence-electron chi connectivity index (χ1n) is 5.42. The number of aliphatic hydroxyl groups is 1. The van der Waals surface area contributed by atoms with Gasteiger partial charge in [0.05, 0.1) is 18.3 Å². The number of rotatable bonds is 8. The molecule has 5 N–H and O–H groups in total. The van der Waals surface area contributed by atoms with E-state index in [0.717, 1.165) is 6.26 Å². The van der Waals surface area contributed by atoms with Gasteiger partial charge in [0.25, 0.3) is 0 Å². The van der Waals surface area contributed by atoms with E-state index in [9.17, 15) is 23.1 Å². The van der Waals surface area contributed by atoms with Crippen LogP contribution in [0.15, 0.2) is 0 Å². The largest absolute Gasteiger partial charge is 0.481 e. The predicted molar refractivity (Wildman–Crippen MR) is 67.1 cm³/mol. The van der Waals surface area contributed by atoms with Crippen molar-refractivity contribution in [2.75, 3.05) is 25.9 Å². The Balaban J connectivity index is 3.84. The third kappa shape index (κ3) is 11.4. The highest BCUT2D eigenvalue weighted by atomic mass is 32.2. The fraction of sp³-hybridized carbons (Fsp3) is 0.778. The van der Waals surface area contributed by atoms with Crippen LogP contribution in [0.25, 0.3) is 0 Å². The summed E-state index contributed by atoms with van der Waals surface area (Å²) in [5.41, 5.74) is -1.55. The van der Waals surface area contributed by atoms with Gasteiger partial charge in [-0.25, -0.2) is 17.9 Å². The first-order chi connectivity index (χ1) is 8.52. The summed E-state index contributed by atoms with van der Waals surface area (Å²) >= 11 is 0. The Kier molecular flexibility index (Phi) is 6.73. The van der Waals surface area contributed by atoms with Crippen LogP contribution in [0.5, 0.6) is 0 Å². The molecule has 0 heterocycles. The molecule has 0 saturated carbocycles. The van der Waals surface area contributed by atoms with Crippen LogP contribution in [-0.4, -0.2) is 62.1 Å². The molecule has 19 heavy (non-hydrogen) atoms. The Morgan fingerprint density at radius 2 is 1.79 bits per heavy atom. The Morgan fingerprint density at radius 1 is 1.21 bits per heavy atom. The van der Waals surface area contributed by atoms with E-state index in [-0.39, 0.29) is 19.6 Å². The maximum absolute atomic E-state index is 11.2. The first kappa shape index (κ1) is 17.6. The second-order valence-electron chi connectivity index (χ2n) is 4.34. The van der Waals surface area contributed by atoms with E-state index in [4.69, 9.17) is 5.11 Å². The molecule has 0 aromatic rings. The molecule has 0 saturated heterocycles. The minimum Gasteiger partial charge on any atom is -0.481 e. The highest BCUT2D eigenvalue weighted by Gasteiger charge is 2.24. The van der Waals surface area contributed by atoms with Crippen molar-refractivity contribution in [1.29, 1.82) is 0 Å². The molecule has 9 nitrogen and oxygen atoms in total. The van der Waals surface area contributed by atoms with Crippen molar-refractivity contribution in [1.82, 2.24) is 15.4 Å². The number of amides is 2. The summed E-state index contributed by atoms with van der Waals surface area (Å²) in [6.07, 6.45) is 0.499. The van der Waals surface area contributed by atoms with Crippen LogP contribution in [-0.2, 0) is 14.8 Å². The minimum absolute atomic E-state index is 0.0395. The van der Waals surface area contributed by atoms with Gasteiger partial charge in [-0.05, 0) is 6.92 Å². The van der Waals surface area contributed by atoms with Crippen molar-refractivity contribution in [3.05, 3.63) is 0 Å². The number of sulfonamides is 1. The van der Waals surface area contributed by atoms with Crippen LogP contribution in [0.2, 0.25) is 0 Å². The highest BCUT2D eigenvalue weighted by molar-refractivity contribution is 7.88. The number of carboxylic acids is 1. The number of nitrogens with one attached hydrogen (secondary N) is 3. The molecule has 0 rings (SSSR count). The number of urea groups is 1. The van der Waals surface area contributed by atoms with Crippen molar-refractivity contribution < 1.29 is 28.2 Å². The van der Waals surface area contributed by atoms with E-state index in [1.807, 2.05) is 0 Å². The third-order valence-electron chi connectivity index (χ3n) is 1.94. The molecule has 0 spiro atoms. The van der Waals surface area contributed by atoms with Crippen LogP contribution in [0, 0.1) is 0 Å². The second-order valence-corrected chi connectivity index (χ2v) is 6.18. The van der Waals surface area contributed by atoms with Gasteiger partial charge in [0.1, 0.15) is 0 Å². The zero-order chi connectivity index (χ0) is 15.1. The molecule has 112 valence electrons. The Morgan fingerprint density at radius 3 is 2.26 bits per heavy atom. The molecule has 10 heteroatoms. The number of hydrogen-bond donors (Lipinski definition) is 5. The lowest BCUT2D eigenvalue weighted by Crippen LogP contribution is -2.47. The molecule has 0 fully saturated rings. The number of hydrogen-bond acceptors (Lipinski definition) is 5. The van der Waals surface area contributed by atoms with Gasteiger partial charge in [0, 0.05) is 19.6 Å². The Labute approximate surface area is 111 Å². The molecule has 1 atom stereocenters. The molecular formula is C9H19N3O6S. The summed E-state index contributed by atoms with van der Waals surface area (Å²) in [6, 6.07) is -0.624. The molecule has 0 aromatic carbocycles. The van der Waals surface area contributed by atoms with Gasteiger partial charge in [0.15, 0.2) is 0 Å². The van der Waals surface area contributed by atoms with Crippen molar-refractivity contribution >= 4 is 22.0 Å². The van der Waals surface area contributed by atoms with Gasteiger partial charge in [-0.1, -0.05) is 0 Å². The number of carboxylic acid groups (broad SMARTS) is 1. The molecule has 1 unspecified atom stereocenters. The number of carbonyl (C=O) groups excluding carboxylic acids is 1. The number of carbonyl (C=O) groups is 2. The summed E-state index contributed by atoms with van der Waals surface area (Å²) < 4.78 is 23.6. The quantitative estimate of drug-likeness (QED) is 0.330. The molecule has 0 aliphatic carbocycles. The minimum atomic E-state index is -3.30. The standard InChI is InChI=1S/C9H19N3O6S/c1-9(16,5-7(13)14)6-11-8(15)10-3-4-12-19(2,17)18/h12,16H,3-6H2,1-2H3,(H,13,14)(H2,10,11,15). The van der Waals surface area contributed by atoms with Crippen LogP contribution >= 0.6 is 0 Å². The zero-order valence-electron chi connectivity index (χ0n) is 10.8. The van der Waals surface area contributed by atoms with Crippen LogP contribution in [0.3, 0.4) is 0 Å². The van der Waals surface area contributed by atoms with Crippen molar-refractivity contribution in [2.45, 2.75) is 18.9 Å². The second kappa shape index (κ2) is 7.26. The van der Waals surface area contributed by atoms with Gasteiger partial charge in [-0.15, -0.1) is 0 Å². The van der Waals surface area contributed by atoms with Crippen molar-refractivity contribution in [3.63, 3.8) is 0 Å². The van der Waals surface area contributed by atoms with Gasteiger partial charge < -0.3 is 20.8 Å². The first-order valence-corrected chi connectivity index (χ1v) is 7.31. The van der Waals surface area contributed by atoms with Crippen LogP contribution in [0.1, 0.15) is 13.3 Å².